The third-order valence-electron chi connectivity index (χ3n) is 4.61. The molecule has 25 heavy (non-hydrogen) atoms. The first-order chi connectivity index (χ1) is 12.1. The van der Waals surface area contributed by atoms with Crippen LogP contribution in [0.4, 0.5) is 0 Å². The fourth-order valence-electron chi connectivity index (χ4n) is 3.68. The van der Waals surface area contributed by atoms with Crippen LogP contribution in [0.5, 0.6) is 0 Å². The Morgan fingerprint density at radius 1 is 1.24 bits per heavy atom. The third kappa shape index (κ3) is 3.38. The summed E-state index contributed by atoms with van der Waals surface area (Å²) in [6.45, 7) is 6.79. The molecule has 0 saturated carbocycles. The Morgan fingerprint density at radius 3 is 2.68 bits per heavy atom. The van der Waals surface area contributed by atoms with Crippen molar-refractivity contribution in [1.82, 2.24) is 9.97 Å². The van der Waals surface area contributed by atoms with Crippen molar-refractivity contribution in [2.75, 3.05) is 13.1 Å². The van der Waals surface area contributed by atoms with E-state index >= 15 is 0 Å². The number of fused-ring (bicyclic) bond motifs is 1. The lowest BCUT2D eigenvalue weighted by atomic mass is 10.1. The van der Waals surface area contributed by atoms with Crippen molar-refractivity contribution in [3.8, 4) is 11.1 Å². The number of hydrogen-bond donors (Lipinski definition) is 2. The first-order valence-electron chi connectivity index (χ1n) is 8.65. The summed E-state index contributed by atoms with van der Waals surface area (Å²) in [5.74, 6) is 0.760. The van der Waals surface area contributed by atoms with E-state index in [1.807, 2.05) is 35.7 Å². The number of aromatic amines is 1. The van der Waals surface area contributed by atoms with E-state index in [1.165, 1.54) is 16.2 Å². The summed E-state index contributed by atoms with van der Waals surface area (Å²) in [4.78, 5) is 22.6. The van der Waals surface area contributed by atoms with Gasteiger partial charge in [0.2, 0.25) is 0 Å². The summed E-state index contributed by atoms with van der Waals surface area (Å²) in [6, 6.07) is 9.99. The van der Waals surface area contributed by atoms with Crippen molar-refractivity contribution in [2.45, 2.75) is 32.6 Å². The van der Waals surface area contributed by atoms with Gasteiger partial charge in [-0.15, -0.1) is 11.3 Å². The Hall–Kier alpha value is -2.02. The summed E-state index contributed by atoms with van der Waals surface area (Å²) in [7, 11) is 0. The number of quaternary nitrogens is 1. The average molecular weight is 356 g/mol. The van der Waals surface area contributed by atoms with E-state index in [0.717, 1.165) is 41.4 Å². The topological polar surface area (TPSA) is 59.4 Å². The Morgan fingerprint density at radius 2 is 1.96 bits per heavy atom. The Balaban J connectivity index is 1.66. The first-order valence-corrected chi connectivity index (χ1v) is 9.53. The molecule has 1 fully saturated rings. The van der Waals surface area contributed by atoms with Gasteiger partial charge in [0.25, 0.3) is 5.56 Å². The number of benzene rings is 1. The molecule has 3 heterocycles. The highest BCUT2D eigenvalue weighted by molar-refractivity contribution is 7.17. The van der Waals surface area contributed by atoms with Gasteiger partial charge in [-0.25, -0.2) is 4.98 Å². The van der Waals surface area contributed by atoms with Gasteiger partial charge in [-0.2, -0.15) is 0 Å². The predicted octanol–water partition coefficient (Wildman–Crippen LogP) is 1.84. The van der Waals surface area contributed by atoms with Gasteiger partial charge >= 0.3 is 0 Å². The summed E-state index contributed by atoms with van der Waals surface area (Å²) in [6.07, 6.45) is 0.473. The maximum Gasteiger partial charge on any atom is 0.260 e. The average Bonchev–Trinajstić information content (AvgIpc) is 2.99. The van der Waals surface area contributed by atoms with Gasteiger partial charge in [0, 0.05) is 10.9 Å². The fourth-order valence-corrected chi connectivity index (χ4v) is 4.64. The SMILES string of the molecule is C[C@@H]1C[NH+](Cc2nc3scc(-c4ccccc4)c3c(=O)[nH]2)C[C@@H](C)O1. The van der Waals surface area contributed by atoms with Crippen LogP contribution < -0.4 is 10.5 Å². The summed E-state index contributed by atoms with van der Waals surface area (Å²) < 4.78 is 5.79. The molecular weight excluding hydrogens is 334 g/mol. The number of hydrogen-bond acceptors (Lipinski definition) is 4. The van der Waals surface area contributed by atoms with E-state index in [9.17, 15) is 4.79 Å². The minimum Gasteiger partial charge on any atom is -0.364 e. The standard InChI is InChI=1S/C19H21N3O2S/c1-12-8-22(9-13(2)24-12)10-16-20-18(23)17-15(11-25-19(17)21-16)14-6-4-3-5-7-14/h3-7,11-13H,8-10H2,1-2H3,(H,20,21,23)/p+1/t12-,13-/m1/s1. The van der Waals surface area contributed by atoms with Gasteiger partial charge < -0.3 is 14.6 Å². The lowest BCUT2D eigenvalue weighted by Gasteiger charge is -2.32. The molecule has 1 aromatic carbocycles. The van der Waals surface area contributed by atoms with Crippen LogP contribution in [0.2, 0.25) is 0 Å². The van der Waals surface area contributed by atoms with Crippen LogP contribution in [0.15, 0.2) is 40.5 Å². The van der Waals surface area contributed by atoms with E-state index in [0.29, 0.717) is 5.39 Å². The van der Waals surface area contributed by atoms with Crippen molar-refractivity contribution in [3.05, 3.63) is 51.9 Å². The van der Waals surface area contributed by atoms with Gasteiger partial charge in [-0.1, -0.05) is 30.3 Å². The molecular formula is C19H22N3O2S+. The molecule has 130 valence electrons. The van der Waals surface area contributed by atoms with Gasteiger partial charge in [0.05, 0.1) is 5.39 Å². The molecule has 0 amide bonds. The summed E-state index contributed by atoms with van der Waals surface area (Å²) in [5, 5.41) is 2.72. The zero-order valence-corrected chi connectivity index (χ0v) is 15.2. The highest BCUT2D eigenvalue weighted by atomic mass is 32.1. The second-order valence-electron chi connectivity index (χ2n) is 6.80. The van der Waals surface area contributed by atoms with Crippen LogP contribution in [0.25, 0.3) is 21.3 Å². The van der Waals surface area contributed by atoms with E-state index in [4.69, 9.17) is 9.72 Å². The fraction of sp³-hybridized carbons (Fsp3) is 0.368. The molecule has 4 rings (SSSR count). The molecule has 2 atom stereocenters. The van der Waals surface area contributed by atoms with E-state index in [-0.39, 0.29) is 17.8 Å². The number of thiophene rings is 1. The van der Waals surface area contributed by atoms with Gasteiger partial charge in [-0.3, -0.25) is 4.79 Å². The third-order valence-corrected chi connectivity index (χ3v) is 5.48. The van der Waals surface area contributed by atoms with Crippen LogP contribution in [-0.4, -0.2) is 35.3 Å². The molecule has 0 unspecified atom stereocenters. The van der Waals surface area contributed by atoms with Crippen molar-refractivity contribution in [2.24, 2.45) is 0 Å². The first kappa shape index (κ1) is 16.4. The minimum absolute atomic E-state index is 0.0474. The monoisotopic (exact) mass is 356 g/mol. The largest absolute Gasteiger partial charge is 0.364 e. The van der Waals surface area contributed by atoms with E-state index < -0.39 is 0 Å². The predicted molar refractivity (Wildman–Crippen MR) is 100 cm³/mol. The zero-order chi connectivity index (χ0) is 17.4. The minimum atomic E-state index is -0.0474. The maximum absolute atomic E-state index is 12.7. The zero-order valence-electron chi connectivity index (χ0n) is 14.4. The van der Waals surface area contributed by atoms with Gasteiger partial charge in [0.1, 0.15) is 36.7 Å². The van der Waals surface area contributed by atoms with Crippen molar-refractivity contribution < 1.29 is 9.64 Å². The van der Waals surface area contributed by atoms with Gasteiger partial charge in [-0.05, 0) is 19.4 Å². The second kappa shape index (κ2) is 6.71. The lowest BCUT2D eigenvalue weighted by Crippen LogP contribution is -3.14. The van der Waals surface area contributed by atoms with Crippen LogP contribution in [0.1, 0.15) is 19.7 Å². The van der Waals surface area contributed by atoms with E-state index in [2.05, 4.69) is 18.8 Å². The summed E-state index contributed by atoms with van der Waals surface area (Å²) in [5.41, 5.74) is 1.96. The number of aromatic nitrogens is 2. The molecule has 6 heteroatoms. The molecule has 5 nitrogen and oxygen atoms in total. The molecule has 0 spiro atoms. The van der Waals surface area contributed by atoms with Crippen molar-refractivity contribution >= 4 is 21.6 Å². The molecule has 2 N–H and O–H groups in total. The van der Waals surface area contributed by atoms with Crippen molar-refractivity contribution in [1.29, 1.82) is 0 Å². The van der Waals surface area contributed by atoms with E-state index in [1.54, 1.807) is 0 Å². The van der Waals surface area contributed by atoms with Crippen LogP contribution >= 0.6 is 11.3 Å². The lowest BCUT2D eigenvalue weighted by molar-refractivity contribution is -0.928. The summed E-state index contributed by atoms with van der Waals surface area (Å²) >= 11 is 1.54. The highest BCUT2D eigenvalue weighted by Gasteiger charge is 2.26. The van der Waals surface area contributed by atoms with Crippen molar-refractivity contribution in [3.63, 3.8) is 0 Å². The highest BCUT2D eigenvalue weighted by Crippen LogP contribution is 2.30. The number of nitrogens with one attached hydrogen (secondary N) is 2. The molecule has 1 saturated heterocycles. The van der Waals surface area contributed by atoms with Crippen LogP contribution in [0.3, 0.4) is 0 Å². The Kier molecular flexibility index (Phi) is 4.41. The molecule has 0 bridgehead atoms. The normalized spacial score (nSPS) is 23.8. The molecule has 1 aliphatic heterocycles. The molecule has 1 aliphatic rings. The number of nitrogens with zero attached hydrogens (tertiary/aromatic N) is 1. The molecule has 0 aliphatic carbocycles. The molecule has 2 aromatic heterocycles. The Bertz CT molecular complexity index is 925. The Labute approximate surface area is 150 Å². The molecule has 0 radical (unpaired) electrons. The number of rotatable bonds is 3. The molecule has 3 aromatic rings. The van der Waals surface area contributed by atoms with Crippen LogP contribution in [-0.2, 0) is 11.3 Å². The second-order valence-corrected chi connectivity index (χ2v) is 7.66. The smallest absolute Gasteiger partial charge is 0.260 e. The maximum atomic E-state index is 12.7. The number of ether oxygens (including phenoxy) is 1. The number of morpholine rings is 1. The van der Waals surface area contributed by atoms with Crippen LogP contribution in [0, 0.1) is 0 Å². The quantitative estimate of drug-likeness (QED) is 0.753. The van der Waals surface area contributed by atoms with Gasteiger partial charge in [0.15, 0.2) is 5.82 Å². The number of H-pyrrole nitrogens is 1.